The lowest BCUT2D eigenvalue weighted by Gasteiger charge is -2.38. The molecule has 0 atom stereocenters. The first kappa shape index (κ1) is 24.5. The molecule has 1 N–H and O–H groups in total. The van der Waals surface area contributed by atoms with Gasteiger partial charge in [-0.3, -0.25) is 0 Å². The molecule has 0 aliphatic heterocycles. The number of rotatable bonds is 4. The van der Waals surface area contributed by atoms with Gasteiger partial charge in [0, 0.05) is 5.56 Å². The zero-order valence-electron chi connectivity index (χ0n) is 16.5. The van der Waals surface area contributed by atoms with E-state index in [0.29, 0.717) is 31.4 Å². The Kier molecular flexibility index (Phi) is 6.14. The topological polar surface area (TPSA) is 54.4 Å². The van der Waals surface area contributed by atoms with Crippen LogP contribution in [0, 0.1) is 5.82 Å². The molecule has 1 aliphatic rings. The molecule has 3 rings (SSSR count). The van der Waals surface area contributed by atoms with Crippen molar-refractivity contribution in [3.05, 3.63) is 65.5 Å². The molecule has 0 unspecified atom stereocenters. The van der Waals surface area contributed by atoms with Gasteiger partial charge in [-0.25, -0.2) is 12.8 Å². The Bertz CT molecular complexity index is 1040. The SMILES string of the molecule is O=S(=O)(c1ccc(F)cc1)C1(c2ccc(C(O)(C(F)(F)F)C(F)(F)F)cc2)CCCCC1. The third-order valence-corrected chi connectivity index (χ3v) is 8.51. The third kappa shape index (κ3) is 3.79. The Balaban J connectivity index is 2.14. The first-order chi connectivity index (χ1) is 14.7. The third-order valence-electron chi connectivity index (χ3n) is 5.95. The van der Waals surface area contributed by atoms with Crippen LogP contribution in [0.5, 0.6) is 0 Å². The second-order valence-electron chi connectivity index (χ2n) is 7.80. The Hall–Kier alpha value is -2.14. The quantitative estimate of drug-likeness (QED) is 0.443. The van der Waals surface area contributed by atoms with E-state index in [2.05, 4.69) is 0 Å². The standard InChI is InChI=1S/C21H19F7O3S/c22-16-8-10-17(11-9-16)32(30,31)18(12-2-1-3-13-18)14-4-6-15(7-5-14)19(29,20(23,24)25)21(26,27)28/h4-11,29H,1-3,12-13H2. The van der Waals surface area contributed by atoms with Crippen LogP contribution in [0.4, 0.5) is 30.7 Å². The van der Waals surface area contributed by atoms with E-state index in [-0.39, 0.29) is 23.3 Å². The summed E-state index contributed by atoms with van der Waals surface area (Å²) in [5.74, 6) is -0.662. The first-order valence-corrected chi connectivity index (χ1v) is 11.1. The van der Waals surface area contributed by atoms with Gasteiger partial charge in [0.25, 0.3) is 5.60 Å². The van der Waals surface area contributed by atoms with Crippen molar-refractivity contribution in [3.8, 4) is 0 Å². The highest BCUT2D eigenvalue weighted by Gasteiger charge is 2.71. The maximum atomic E-state index is 13.5. The van der Waals surface area contributed by atoms with Crippen LogP contribution in [0.2, 0.25) is 0 Å². The monoisotopic (exact) mass is 484 g/mol. The zero-order chi connectivity index (χ0) is 24.0. The average molecular weight is 484 g/mol. The second-order valence-corrected chi connectivity index (χ2v) is 10.1. The van der Waals surface area contributed by atoms with Crippen molar-refractivity contribution in [2.75, 3.05) is 0 Å². The molecule has 176 valence electrons. The van der Waals surface area contributed by atoms with Crippen LogP contribution in [-0.4, -0.2) is 25.9 Å². The highest BCUT2D eigenvalue weighted by Crippen LogP contribution is 2.51. The lowest BCUT2D eigenvalue weighted by atomic mass is 9.81. The molecule has 11 heteroatoms. The predicted octanol–water partition coefficient (Wildman–Crippen LogP) is 5.77. The predicted molar refractivity (Wildman–Crippen MR) is 101 cm³/mol. The molecule has 0 bridgehead atoms. The van der Waals surface area contributed by atoms with Crippen LogP contribution < -0.4 is 0 Å². The molecular formula is C21H19F7O3S. The maximum absolute atomic E-state index is 13.5. The van der Waals surface area contributed by atoms with E-state index in [1.807, 2.05) is 0 Å². The van der Waals surface area contributed by atoms with Crippen molar-refractivity contribution < 1.29 is 44.3 Å². The Morgan fingerprint density at radius 1 is 0.750 bits per heavy atom. The van der Waals surface area contributed by atoms with Gasteiger partial charge in [-0.2, -0.15) is 26.3 Å². The van der Waals surface area contributed by atoms with Crippen LogP contribution in [0.3, 0.4) is 0 Å². The Labute approximate surface area is 179 Å². The fourth-order valence-electron chi connectivity index (χ4n) is 4.18. The molecule has 0 amide bonds. The molecule has 1 aliphatic carbocycles. The van der Waals surface area contributed by atoms with Crippen LogP contribution >= 0.6 is 0 Å². The van der Waals surface area contributed by atoms with E-state index >= 15 is 0 Å². The van der Waals surface area contributed by atoms with E-state index in [1.165, 1.54) is 0 Å². The largest absolute Gasteiger partial charge is 0.430 e. The normalized spacial score (nSPS) is 17.9. The molecule has 32 heavy (non-hydrogen) atoms. The molecule has 1 fully saturated rings. The van der Waals surface area contributed by atoms with E-state index in [0.717, 1.165) is 36.4 Å². The van der Waals surface area contributed by atoms with Gasteiger partial charge in [-0.15, -0.1) is 0 Å². The Morgan fingerprint density at radius 3 is 1.66 bits per heavy atom. The van der Waals surface area contributed by atoms with Crippen molar-refractivity contribution >= 4 is 9.84 Å². The van der Waals surface area contributed by atoms with Gasteiger partial charge >= 0.3 is 12.4 Å². The number of sulfone groups is 1. The smallest absolute Gasteiger partial charge is 0.369 e. The molecule has 3 nitrogen and oxygen atoms in total. The average Bonchev–Trinajstić information content (AvgIpc) is 2.72. The van der Waals surface area contributed by atoms with Crippen LogP contribution in [-0.2, 0) is 20.2 Å². The Morgan fingerprint density at radius 2 is 1.22 bits per heavy atom. The summed E-state index contributed by atoms with van der Waals surface area (Å²) in [5, 5.41) is 9.58. The number of hydrogen-bond acceptors (Lipinski definition) is 3. The van der Waals surface area contributed by atoms with Gasteiger partial charge in [0.05, 0.1) is 4.90 Å². The van der Waals surface area contributed by atoms with Gasteiger partial charge in [0.1, 0.15) is 10.6 Å². The number of alkyl halides is 6. The number of benzene rings is 2. The van der Waals surface area contributed by atoms with E-state index < -0.39 is 43.9 Å². The highest BCUT2D eigenvalue weighted by atomic mass is 32.2. The van der Waals surface area contributed by atoms with Gasteiger partial charge in [-0.05, 0) is 42.7 Å². The van der Waals surface area contributed by atoms with Crippen molar-refractivity contribution in [1.82, 2.24) is 0 Å². The number of aliphatic hydroxyl groups is 1. The van der Waals surface area contributed by atoms with Crippen LogP contribution in [0.1, 0.15) is 43.2 Å². The minimum atomic E-state index is -6.05. The minimum absolute atomic E-state index is 0.0111. The molecule has 0 saturated heterocycles. The molecular weight excluding hydrogens is 465 g/mol. The molecule has 2 aromatic rings. The molecule has 0 aromatic heterocycles. The van der Waals surface area contributed by atoms with Crippen molar-refractivity contribution in [2.45, 2.75) is 59.7 Å². The van der Waals surface area contributed by atoms with Gasteiger partial charge in [0.2, 0.25) is 0 Å². The summed E-state index contributed by atoms with van der Waals surface area (Å²) in [5.41, 5.74) is -6.56. The highest BCUT2D eigenvalue weighted by molar-refractivity contribution is 7.92. The lowest BCUT2D eigenvalue weighted by Crippen LogP contribution is -2.53. The van der Waals surface area contributed by atoms with Crippen molar-refractivity contribution in [1.29, 1.82) is 0 Å². The van der Waals surface area contributed by atoms with Gasteiger partial charge in [-0.1, -0.05) is 43.5 Å². The van der Waals surface area contributed by atoms with E-state index in [9.17, 15) is 44.3 Å². The summed E-state index contributed by atoms with van der Waals surface area (Å²) in [7, 11) is -4.17. The number of halogens is 7. The molecule has 0 heterocycles. The zero-order valence-corrected chi connectivity index (χ0v) is 17.3. The molecule has 1 saturated carbocycles. The van der Waals surface area contributed by atoms with Crippen molar-refractivity contribution in [2.24, 2.45) is 0 Å². The van der Waals surface area contributed by atoms with Crippen molar-refractivity contribution in [3.63, 3.8) is 0 Å². The molecule has 0 spiro atoms. The second kappa shape index (κ2) is 8.02. The van der Waals surface area contributed by atoms with Crippen LogP contribution in [0.15, 0.2) is 53.4 Å². The first-order valence-electron chi connectivity index (χ1n) is 9.64. The van der Waals surface area contributed by atoms with E-state index in [1.54, 1.807) is 0 Å². The fraction of sp³-hybridized carbons (Fsp3) is 0.429. The van der Waals surface area contributed by atoms with Gasteiger partial charge in [0.15, 0.2) is 9.84 Å². The maximum Gasteiger partial charge on any atom is 0.430 e. The van der Waals surface area contributed by atoms with E-state index in [4.69, 9.17) is 0 Å². The summed E-state index contributed by atoms with van der Waals surface area (Å²) >= 11 is 0. The summed E-state index contributed by atoms with van der Waals surface area (Å²) in [6.45, 7) is 0. The molecule has 2 aromatic carbocycles. The summed E-state index contributed by atoms with van der Waals surface area (Å²) in [6.07, 6.45) is -10.3. The summed E-state index contributed by atoms with van der Waals surface area (Å²) < 4.78 is 118. The fourth-order valence-corrected chi connectivity index (χ4v) is 6.40. The van der Waals surface area contributed by atoms with Gasteiger partial charge < -0.3 is 5.11 Å². The minimum Gasteiger partial charge on any atom is -0.369 e. The summed E-state index contributed by atoms with van der Waals surface area (Å²) in [6, 6.07) is 6.72. The number of hydrogen-bond donors (Lipinski definition) is 1. The lowest BCUT2D eigenvalue weighted by molar-refractivity contribution is -0.376. The molecule has 0 radical (unpaired) electrons. The van der Waals surface area contributed by atoms with Crippen LogP contribution in [0.25, 0.3) is 0 Å². The summed E-state index contributed by atoms with van der Waals surface area (Å²) in [4.78, 5) is -0.202.